The Hall–Kier alpha value is -2.11. The first-order valence-electron chi connectivity index (χ1n) is 6.43. The molecule has 108 valence electrons. The zero-order chi connectivity index (χ0) is 14.9. The highest BCUT2D eigenvalue weighted by atomic mass is 19.1. The molecule has 20 heavy (non-hydrogen) atoms. The number of hydrogen-bond donors (Lipinski definition) is 2. The monoisotopic (exact) mass is 280 g/mol. The van der Waals surface area contributed by atoms with E-state index in [1.165, 1.54) is 6.07 Å². The van der Waals surface area contributed by atoms with E-state index in [4.69, 9.17) is 5.11 Å². The molecule has 6 heteroatoms. The maximum absolute atomic E-state index is 13.2. The number of benzene rings is 1. The summed E-state index contributed by atoms with van der Waals surface area (Å²) in [6, 6.07) is 3.16. The minimum Gasteiger partial charge on any atom is -0.478 e. The molecule has 2 atom stereocenters. The van der Waals surface area contributed by atoms with Crippen LogP contribution in [0, 0.1) is 17.7 Å². The molecule has 0 radical (unpaired) electrons. The van der Waals surface area contributed by atoms with Crippen molar-refractivity contribution in [1.29, 1.82) is 0 Å². The maximum Gasteiger partial charge on any atom is 0.338 e. The highest BCUT2D eigenvalue weighted by Crippen LogP contribution is 2.37. The van der Waals surface area contributed by atoms with E-state index in [-0.39, 0.29) is 11.7 Å². The van der Waals surface area contributed by atoms with Crippen molar-refractivity contribution in [1.82, 2.24) is 4.90 Å². The highest BCUT2D eigenvalue weighted by molar-refractivity contribution is 5.93. The molecule has 2 amide bonds. The normalized spacial score (nSPS) is 20.4. The van der Waals surface area contributed by atoms with Crippen LogP contribution < -0.4 is 5.32 Å². The van der Waals surface area contributed by atoms with Crippen LogP contribution in [0.4, 0.5) is 14.9 Å². The van der Waals surface area contributed by atoms with E-state index in [1.807, 2.05) is 0 Å². The van der Waals surface area contributed by atoms with Gasteiger partial charge in [-0.15, -0.1) is 0 Å². The molecule has 1 aliphatic rings. The molecule has 0 bridgehead atoms. The zero-order valence-corrected chi connectivity index (χ0v) is 11.4. The molecule has 2 N–H and O–H groups in total. The van der Waals surface area contributed by atoms with Crippen LogP contribution in [0.15, 0.2) is 18.2 Å². The average Bonchev–Trinajstić information content (AvgIpc) is 3.06. The van der Waals surface area contributed by atoms with Crippen molar-refractivity contribution >= 4 is 17.7 Å². The summed E-state index contributed by atoms with van der Waals surface area (Å²) in [6.45, 7) is 2.80. The number of rotatable bonds is 4. The van der Waals surface area contributed by atoms with Crippen LogP contribution in [0.2, 0.25) is 0 Å². The number of nitrogens with one attached hydrogen (secondary N) is 1. The number of nitrogens with zero attached hydrogens (tertiary/aromatic N) is 1. The van der Waals surface area contributed by atoms with Gasteiger partial charge in [0.05, 0.1) is 5.56 Å². The molecule has 0 spiro atoms. The second-order valence-electron chi connectivity index (χ2n) is 5.28. The van der Waals surface area contributed by atoms with Crippen molar-refractivity contribution in [3.8, 4) is 0 Å². The number of anilines is 1. The van der Waals surface area contributed by atoms with Gasteiger partial charge < -0.3 is 15.3 Å². The lowest BCUT2D eigenvalue weighted by Crippen LogP contribution is -2.33. The van der Waals surface area contributed by atoms with Crippen LogP contribution in [-0.2, 0) is 0 Å². The molecule has 0 saturated heterocycles. The van der Waals surface area contributed by atoms with Crippen LogP contribution in [0.3, 0.4) is 0 Å². The number of carboxylic acid groups (broad SMARTS) is 1. The van der Waals surface area contributed by atoms with Crippen LogP contribution in [0.1, 0.15) is 23.7 Å². The Kier molecular flexibility index (Phi) is 3.92. The second-order valence-corrected chi connectivity index (χ2v) is 5.28. The predicted octanol–water partition coefficient (Wildman–Crippen LogP) is 2.64. The molecule has 1 aromatic carbocycles. The fourth-order valence-corrected chi connectivity index (χ4v) is 2.07. The lowest BCUT2D eigenvalue weighted by Gasteiger charge is -2.18. The van der Waals surface area contributed by atoms with E-state index in [9.17, 15) is 14.0 Å². The number of urea groups is 1. The summed E-state index contributed by atoms with van der Waals surface area (Å²) in [5, 5.41) is 11.4. The van der Waals surface area contributed by atoms with Crippen LogP contribution in [-0.4, -0.2) is 35.6 Å². The standard InChI is InChI=1S/C14H17FN2O3/c1-8-5-9(8)7-17(2)14(20)16-10-3-4-12(15)11(6-10)13(18)19/h3-4,6,8-9H,5,7H2,1-2H3,(H,16,20)(H,18,19). The summed E-state index contributed by atoms with van der Waals surface area (Å²) in [6.07, 6.45) is 1.12. The molecule has 2 rings (SSSR count). The number of carbonyl (C=O) groups excluding carboxylic acids is 1. The van der Waals surface area contributed by atoms with Gasteiger partial charge in [-0.05, 0) is 36.5 Å². The van der Waals surface area contributed by atoms with Crippen molar-refractivity contribution in [2.24, 2.45) is 11.8 Å². The van der Waals surface area contributed by atoms with Gasteiger partial charge in [-0.25, -0.2) is 14.0 Å². The first-order valence-corrected chi connectivity index (χ1v) is 6.43. The summed E-state index contributed by atoms with van der Waals surface area (Å²) >= 11 is 0. The Morgan fingerprint density at radius 1 is 1.50 bits per heavy atom. The Bertz CT molecular complexity index is 547. The molecular formula is C14H17FN2O3. The van der Waals surface area contributed by atoms with Crippen LogP contribution in [0.25, 0.3) is 0 Å². The Balaban J connectivity index is 2.00. The minimum absolute atomic E-state index is 0.268. The third-order valence-corrected chi connectivity index (χ3v) is 3.58. The van der Waals surface area contributed by atoms with Crippen molar-refractivity contribution in [2.75, 3.05) is 18.9 Å². The molecule has 0 heterocycles. The van der Waals surface area contributed by atoms with Gasteiger partial charge in [-0.3, -0.25) is 0 Å². The lowest BCUT2D eigenvalue weighted by atomic mass is 10.2. The molecule has 1 fully saturated rings. The van der Waals surface area contributed by atoms with Crippen molar-refractivity contribution in [3.63, 3.8) is 0 Å². The van der Waals surface area contributed by atoms with Crippen molar-refractivity contribution in [2.45, 2.75) is 13.3 Å². The Labute approximate surface area is 116 Å². The summed E-state index contributed by atoms with van der Waals surface area (Å²) in [5.74, 6) is -1.00. The van der Waals surface area contributed by atoms with Crippen molar-refractivity contribution in [3.05, 3.63) is 29.6 Å². The number of amides is 2. The van der Waals surface area contributed by atoms with Crippen molar-refractivity contribution < 1.29 is 19.1 Å². The third-order valence-electron chi connectivity index (χ3n) is 3.58. The number of hydrogen-bond acceptors (Lipinski definition) is 2. The van der Waals surface area contributed by atoms with Crippen LogP contribution >= 0.6 is 0 Å². The van der Waals surface area contributed by atoms with Crippen LogP contribution in [0.5, 0.6) is 0 Å². The maximum atomic E-state index is 13.2. The van der Waals surface area contributed by atoms with Gasteiger partial charge in [-0.1, -0.05) is 6.92 Å². The van der Waals surface area contributed by atoms with E-state index in [0.717, 1.165) is 18.6 Å². The van der Waals surface area contributed by atoms with Gasteiger partial charge in [0.1, 0.15) is 5.82 Å². The summed E-state index contributed by atoms with van der Waals surface area (Å²) in [7, 11) is 1.68. The van der Waals surface area contributed by atoms with Gasteiger partial charge in [-0.2, -0.15) is 0 Å². The third kappa shape index (κ3) is 3.26. The van der Waals surface area contributed by atoms with Gasteiger partial charge in [0, 0.05) is 19.3 Å². The molecule has 0 aromatic heterocycles. The van der Waals surface area contributed by atoms with Gasteiger partial charge in [0.2, 0.25) is 0 Å². The number of halogens is 1. The summed E-state index contributed by atoms with van der Waals surface area (Å²) < 4.78 is 13.2. The van der Waals surface area contributed by atoms with Gasteiger partial charge in [0.15, 0.2) is 0 Å². The average molecular weight is 280 g/mol. The molecule has 5 nitrogen and oxygen atoms in total. The minimum atomic E-state index is -1.36. The topological polar surface area (TPSA) is 69.6 Å². The molecule has 1 saturated carbocycles. The largest absolute Gasteiger partial charge is 0.478 e. The van der Waals surface area contributed by atoms with E-state index >= 15 is 0 Å². The first kappa shape index (κ1) is 14.3. The molecule has 1 aliphatic carbocycles. The first-order chi connectivity index (χ1) is 9.38. The second kappa shape index (κ2) is 5.48. The molecule has 0 aliphatic heterocycles. The number of aromatic carboxylic acids is 1. The van der Waals surface area contributed by atoms with E-state index < -0.39 is 17.3 Å². The smallest absolute Gasteiger partial charge is 0.338 e. The quantitative estimate of drug-likeness (QED) is 0.890. The number of carbonyl (C=O) groups is 2. The number of carboxylic acids is 1. The Morgan fingerprint density at radius 2 is 2.15 bits per heavy atom. The van der Waals surface area contributed by atoms with E-state index in [1.54, 1.807) is 11.9 Å². The molecular weight excluding hydrogens is 263 g/mol. The SMILES string of the molecule is CC1CC1CN(C)C(=O)Nc1ccc(F)c(C(=O)O)c1. The predicted molar refractivity (Wildman–Crippen MR) is 72.3 cm³/mol. The highest BCUT2D eigenvalue weighted by Gasteiger charge is 2.34. The fraction of sp³-hybridized carbons (Fsp3) is 0.429. The molecule has 1 aromatic rings. The Morgan fingerprint density at radius 3 is 2.70 bits per heavy atom. The lowest BCUT2D eigenvalue weighted by molar-refractivity contribution is 0.0692. The summed E-state index contributed by atoms with van der Waals surface area (Å²) in [5.41, 5.74) is -0.189. The zero-order valence-electron chi connectivity index (χ0n) is 11.4. The molecule has 2 unspecified atom stereocenters. The van der Waals surface area contributed by atoms with E-state index in [0.29, 0.717) is 18.4 Å². The van der Waals surface area contributed by atoms with E-state index in [2.05, 4.69) is 12.2 Å². The van der Waals surface area contributed by atoms with Gasteiger partial charge >= 0.3 is 12.0 Å². The van der Waals surface area contributed by atoms with Gasteiger partial charge in [0.25, 0.3) is 0 Å². The summed E-state index contributed by atoms with van der Waals surface area (Å²) in [4.78, 5) is 24.3. The fourth-order valence-electron chi connectivity index (χ4n) is 2.07.